The van der Waals surface area contributed by atoms with Crippen LogP contribution in [0.5, 0.6) is 0 Å². The molecule has 0 bridgehead atoms. The molecule has 1 nitrogen and oxygen atoms in total. The van der Waals surface area contributed by atoms with Gasteiger partial charge in [-0.2, -0.15) is 13.2 Å². The second-order valence-corrected chi connectivity index (χ2v) is 2.37. The van der Waals surface area contributed by atoms with Crippen LogP contribution >= 0.6 is 0 Å². The van der Waals surface area contributed by atoms with Crippen molar-refractivity contribution in [1.82, 2.24) is 0 Å². The van der Waals surface area contributed by atoms with Gasteiger partial charge in [0.25, 0.3) is 0 Å². The third-order valence-electron chi connectivity index (χ3n) is 1.35. The van der Waals surface area contributed by atoms with E-state index in [1.807, 2.05) is 27.7 Å². The lowest BCUT2D eigenvalue weighted by Gasteiger charge is -2.05. The molecule has 17 heavy (non-hydrogen) atoms. The van der Waals surface area contributed by atoms with Crippen LogP contribution in [-0.4, -0.2) is 12.2 Å². The summed E-state index contributed by atoms with van der Waals surface area (Å²) in [6, 6.07) is 5.22. The average molecular weight is 252 g/mol. The maximum absolute atomic E-state index is 12.0. The Bertz CT molecular complexity index is 257. The van der Waals surface area contributed by atoms with Crippen molar-refractivity contribution < 1.29 is 18.3 Å². The summed E-state index contributed by atoms with van der Waals surface area (Å²) >= 11 is 0. The Morgan fingerprint density at radius 2 is 1.35 bits per heavy atom. The number of halogens is 3. The summed E-state index contributed by atoms with van der Waals surface area (Å²) in [5.41, 5.74) is 0.0392. The average Bonchev–Trinajstić information content (AvgIpc) is 2.36. The van der Waals surface area contributed by atoms with Crippen molar-refractivity contribution in [2.24, 2.45) is 0 Å². The molecule has 0 unspecified atom stereocenters. The molecule has 0 aliphatic rings. The Morgan fingerprint density at radius 3 is 1.59 bits per heavy atom. The van der Waals surface area contributed by atoms with Crippen molar-refractivity contribution in [3.05, 3.63) is 35.4 Å². The molecule has 0 aromatic heterocycles. The lowest BCUT2D eigenvalue weighted by Crippen LogP contribution is -2.04. The molecule has 0 fully saturated rings. The van der Waals surface area contributed by atoms with E-state index in [1.54, 1.807) is 13.0 Å². The molecule has 1 aromatic rings. The van der Waals surface area contributed by atoms with Crippen LogP contribution in [0.15, 0.2) is 24.3 Å². The SMILES string of the molecule is CC.CC.CO.Cc1cccc(C(F)(F)F)c1. The molecule has 0 saturated carbocycles. The van der Waals surface area contributed by atoms with Crippen LogP contribution in [-0.2, 0) is 6.18 Å². The molecule has 4 heteroatoms. The van der Waals surface area contributed by atoms with Gasteiger partial charge in [0.05, 0.1) is 5.56 Å². The topological polar surface area (TPSA) is 20.2 Å². The fourth-order valence-electron chi connectivity index (χ4n) is 0.821. The standard InChI is InChI=1S/C8H7F3.2C2H6.CH4O/c1-6-3-2-4-7(5-6)8(9,10)11;3*1-2/h2-5H,1H3;2*1-2H3;2H,1H3. The molecule has 1 N–H and O–H groups in total. The molecule has 102 valence electrons. The number of aryl methyl sites for hydroxylation is 1. The normalized spacial score (nSPS) is 8.59. The van der Waals surface area contributed by atoms with Crippen LogP contribution < -0.4 is 0 Å². The predicted molar refractivity (Wildman–Crippen MR) is 67.0 cm³/mol. The number of hydrogen-bond donors (Lipinski definition) is 1. The molecule has 1 aromatic carbocycles. The highest BCUT2D eigenvalue weighted by Crippen LogP contribution is 2.29. The maximum atomic E-state index is 12.0. The highest BCUT2D eigenvalue weighted by Gasteiger charge is 2.29. The molecular formula is C13H23F3O. The first kappa shape index (κ1) is 21.3. The van der Waals surface area contributed by atoms with E-state index in [-0.39, 0.29) is 0 Å². The van der Waals surface area contributed by atoms with Gasteiger partial charge in [0, 0.05) is 7.11 Å². The number of benzene rings is 1. The first-order valence-electron chi connectivity index (χ1n) is 5.59. The van der Waals surface area contributed by atoms with Crippen molar-refractivity contribution in [2.75, 3.05) is 7.11 Å². The van der Waals surface area contributed by atoms with Crippen LogP contribution in [0.4, 0.5) is 13.2 Å². The number of rotatable bonds is 0. The van der Waals surface area contributed by atoms with Gasteiger partial charge in [-0.1, -0.05) is 51.5 Å². The lowest BCUT2D eigenvalue weighted by molar-refractivity contribution is -0.137. The molecule has 0 saturated heterocycles. The monoisotopic (exact) mass is 252 g/mol. The van der Waals surface area contributed by atoms with Crippen molar-refractivity contribution in [1.29, 1.82) is 0 Å². The molecule has 1 rings (SSSR count). The molecule has 0 aliphatic carbocycles. The molecule has 0 aliphatic heterocycles. The van der Waals surface area contributed by atoms with E-state index in [4.69, 9.17) is 5.11 Å². The Hall–Kier alpha value is -1.03. The number of aliphatic hydroxyl groups excluding tert-OH is 1. The number of aliphatic hydroxyl groups is 1. The van der Waals surface area contributed by atoms with Gasteiger partial charge in [0.1, 0.15) is 0 Å². The predicted octanol–water partition coefficient (Wildman–Crippen LogP) is 4.67. The number of hydrogen-bond acceptors (Lipinski definition) is 1. The van der Waals surface area contributed by atoms with Gasteiger partial charge in [0.15, 0.2) is 0 Å². The van der Waals surface area contributed by atoms with Crippen molar-refractivity contribution >= 4 is 0 Å². The fraction of sp³-hybridized carbons (Fsp3) is 0.538. The molecule has 0 atom stereocenters. The van der Waals surface area contributed by atoms with Crippen molar-refractivity contribution in [3.63, 3.8) is 0 Å². The molecule has 0 amide bonds. The maximum Gasteiger partial charge on any atom is 0.416 e. The van der Waals surface area contributed by atoms with Crippen LogP contribution in [0, 0.1) is 6.92 Å². The zero-order valence-corrected chi connectivity index (χ0v) is 11.4. The summed E-state index contributed by atoms with van der Waals surface area (Å²) in [6.45, 7) is 9.63. The minimum absolute atomic E-state index is 0.586. The van der Waals surface area contributed by atoms with Crippen LogP contribution in [0.3, 0.4) is 0 Å². The van der Waals surface area contributed by atoms with E-state index in [0.717, 1.165) is 19.2 Å². The van der Waals surface area contributed by atoms with E-state index in [9.17, 15) is 13.2 Å². The minimum atomic E-state index is -4.22. The van der Waals surface area contributed by atoms with Crippen LogP contribution in [0.25, 0.3) is 0 Å². The smallest absolute Gasteiger partial charge is 0.400 e. The van der Waals surface area contributed by atoms with Gasteiger partial charge < -0.3 is 5.11 Å². The van der Waals surface area contributed by atoms with Gasteiger partial charge in [-0.3, -0.25) is 0 Å². The Labute approximate surface area is 102 Å². The third-order valence-corrected chi connectivity index (χ3v) is 1.35. The first-order chi connectivity index (χ1) is 8.00. The number of alkyl halides is 3. The molecule has 0 radical (unpaired) electrons. The summed E-state index contributed by atoms with van der Waals surface area (Å²) < 4.78 is 35.9. The fourth-order valence-corrected chi connectivity index (χ4v) is 0.821. The van der Waals surface area contributed by atoms with E-state index < -0.39 is 11.7 Å². The second kappa shape index (κ2) is 13.0. The van der Waals surface area contributed by atoms with E-state index in [0.29, 0.717) is 5.56 Å². The minimum Gasteiger partial charge on any atom is -0.400 e. The summed E-state index contributed by atoms with van der Waals surface area (Å²) in [6.07, 6.45) is -4.22. The quantitative estimate of drug-likeness (QED) is 0.711. The van der Waals surface area contributed by atoms with Crippen LogP contribution in [0.1, 0.15) is 38.8 Å². The van der Waals surface area contributed by atoms with Gasteiger partial charge in [-0.15, -0.1) is 0 Å². The largest absolute Gasteiger partial charge is 0.416 e. The van der Waals surface area contributed by atoms with Gasteiger partial charge in [-0.25, -0.2) is 0 Å². The summed E-state index contributed by atoms with van der Waals surface area (Å²) in [5.74, 6) is 0. The lowest BCUT2D eigenvalue weighted by atomic mass is 10.1. The van der Waals surface area contributed by atoms with Crippen LogP contribution in [0.2, 0.25) is 0 Å². The summed E-state index contributed by atoms with van der Waals surface area (Å²) in [7, 11) is 1.00. The zero-order valence-electron chi connectivity index (χ0n) is 11.4. The Kier molecular flexibility index (Phi) is 16.3. The van der Waals surface area contributed by atoms with Crippen molar-refractivity contribution in [3.8, 4) is 0 Å². The van der Waals surface area contributed by atoms with E-state index in [1.165, 1.54) is 6.07 Å². The highest BCUT2D eigenvalue weighted by atomic mass is 19.4. The molecule has 0 spiro atoms. The van der Waals surface area contributed by atoms with Gasteiger partial charge in [-0.05, 0) is 13.0 Å². The first-order valence-corrected chi connectivity index (χ1v) is 5.59. The van der Waals surface area contributed by atoms with E-state index in [2.05, 4.69) is 0 Å². The van der Waals surface area contributed by atoms with E-state index >= 15 is 0 Å². The van der Waals surface area contributed by atoms with Crippen molar-refractivity contribution in [2.45, 2.75) is 40.8 Å². The second-order valence-electron chi connectivity index (χ2n) is 2.37. The van der Waals surface area contributed by atoms with Gasteiger partial charge >= 0.3 is 6.18 Å². The Balaban J connectivity index is -0.000000285. The molecular weight excluding hydrogens is 229 g/mol. The Morgan fingerprint density at radius 1 is 0.941 bits per heavy atom. The summed E-state index contributed by atoms with van der Waals surface area (Å²) in [4.78, 5) is 0. The van der Waals surface area contributed by atoms with Gasteiger partial charge in [0.2, 0.25) is 0 Å². The summed E-state index contributed by atoms with van der Waals surface area (Å²) in [5, 5.41) is 7.00. The highest BCUT2D eigenvalue weighted by molar-refractivity contribution is 5.24. The third kappa shape index (κ3) is 11.2. The zero-order chi connectivity index (χ0) is 14.5. The molecule has 0 heterocycles.